The van der Waals surface area contributed by atoms with Gasteiger partial charge in [-0.15, -0.1) is 0 Å². The number of nitrogens with one attached hydrogen (secondary N) is 2. The Morgan fingerprint density at radius 3 is 2.06 bits per heavy atom. The predicted molar refractivity (Wildman–Crippen MR) is 136 cm³/mol. The standard InChI is InChI=1S/C27H26N4O4/c1-27(2,3)22-13-9-20(10-14-22)18-28-30-26(33)24(29-25(32)21-7-5-4-6-8-21)17-19-11-15-23(16-12-19)31(34)35/h4-18H,1-3H3,(H,29,32)(H,30,33)/b24-17-,28-18-. The summed E-state index contributed by atoms with van der Waals surface area (Å²) in [7, 11) is 0. The number of amides is 2. The number of hydrogen-bond donors (Lipinski definition) is 2. The highest BCUT2D eigenvalue weighted by Gasteiger charge is 2.15. The Balaban J connectivity index is 1.79. The van der Waals surface area contributed by atoms with E-state index in [4.69, 9.17) is 0 Å². The molecular weight excluding hydrogens is 444 g/mol. The van der Waals surface area contributed by atoms with Gasteiger partial charge < -0.3 is 5.32 Å². The van der Waals surface area contributed by atoms with Gasteiger partial charge in [0.05, 0.1) is 11.1 Å². The zero-order valence-corrected chi connectivity index (χ0v) is 19.7. The van der Waals surface area contributed by atoms with Crippen molar-refractivity contribution in [2.75, 3.05) is 0 Å². The second-order valence-electron chi connectivity index (χ2n) is 8.80. The maximum absolute atomic E-state index is 12.8. The Bertz CT molecular complexity index is 1260. The van der Waals surface area contributed by atoms with E-state index in [1.807, 2.05) is 24.3 Å². The van der Waals surface area contributed by atoms with E-state index in [1.54, 1.807) is 30.3 Å². The van der Waals surface area contributed by atoms with Crippen LogP contribution in [-0.4, -0.2) is 23.0 Å². The Kier molecular flexibility index (Phi) is 7.88. The SMILES string of the molecule is CC(C)(C)c1ccc(/C=N\NC(=O)/C(=C/c2ccc([N+](=O)[O-])cc2)NC(=O)c2ccccc2)cc1. The van der Waals surface area contributed by atoms with Crippen molar-refractivity contribution >= 4 is 29.8 Å². The minimum Gasteiger partial charge on any atom is -0.317 e. The monoisotopic (exact) mass is 470 g/mol. The van der Waals surface area contributed by atoms with Crippen LogP contribution in [0.5, 0.6) is 0 Å². The fourth-order valence-electron chi connectivity index (χ4n) is 3.10. The van der Waals surface area contributed by atoms with Crippen LogP contribution in [0.3, 0.4) is 0 Å². The molecule has 0 fully saturated rings. The highest BCUT2D eigenvalue weighted by Crippen LogP contribution is 2.21. The number of benzene rings is 3. The third-order valence-electron chi connectivity index (χ3n) is 5.10. The number of hydrazone groups is 1. The van der Waals surface area contributed by atoms with Crippen LogP contribution in [0.15, 0.2) is 89.7 Å². The van der Waals surface area contributed by atoms with Crippen molar-refractivity contribution in [1.82, 2.24) is 10.7 Å². The minimum atomic E-state index is -0.643. The molecule has 3 aromatic rings. The van der Waals surface area contributed by atoms with E-state index >= 15 is 0 Å². The average Bonchev–Trinajstić information content (AvgIpc) is 2.84. The lowest BCUT2D eigenvalue weighted by Gasteiger charge is -2.18. The summed E-state index contributed by atoms with van der Waals surface area (Å²) in [6, 6.07) is 21.9. The summed E-state index contributed by atoms with van der Waals surface area (Å²) in [5.41, 5.74) is 5.15. The van der Waals surface area contributed by atoms with Gasteiger partial charge in [-0.25, -0.2) is 5.43 Å². The molecule has 0 aliphatic heterocycles. The van der Waals surface area contributed by atoms with Gasteiger partial charge in [0.1, 0.15) is 5.70 Å². The Morgan fingerprint density at radius 2 is 1.49 bits per heavy atom. The number of hydrogen-bond acceptors (Lipinski definition) is 5. The molecule has 0 unspecified atom stereocenters. The van der Waals surface area contributed by atoms with E-state index in [1.165, 1.54) is 42.1 Å². The van der Waals surface area contributed by atoms with Gasteiger partial charge in [0.25, 0.3) is 17.5 Å². The van der Waals surface area contributed by atoms with Gasteiger partial charge >= 0.3 is 0 Å². The third kappa shape index (κ3) is 7.20. The summed E-state index contributed by atoms with van der Waals surface area (Å²) < 4.78 is 0. The zero-order valence-electron chi connectivity index (χ0n) is 19.7. The zero-order chi connectivity index (χ0) is 25.4. The number of carbonyl (C=O) groups excluding carboxylic acids is 2. The number of non-ortho nitro benzene ring substituents is 1. The molecule has 178 valence electrons. The highest BCUT2D eigenvalue weighted by molar-refractivity contribution is 6.05. The van der Waals surface area contributed by atoms with Crippen molar-refractivity contribution in [2.45, 2.75) is 26.2 Å². The molecule has 3 aromatic carbocycles. The second-order valence-corrected chi connectivity index (χ2v) is 8.80. The number of carbonyl (C=O) groups is 2. The van der Waals surface area contributed by atoms with E-state index in [9.17, 15) is 19.7 Å². The predicted octanol–water partition coefficient (Wildman–Crippen LogP) is 4.81. The number of rotatable bonds is 7. The largest absolute Gasteiger partial charge is 0.317 e. The fraction of sp³-hybridized carbons (Fsp3) is 0.148. The molecule has 0 saturated heterocycles. The maximum Gasteiger partial charge on any atom is 0.287 e. The molecule has 0 bridgehead atoms. The smallest absolute Gasteiger partial charge is 0.287 e. The Hall–Kier alpha value is -4.59. The van der Waals surface area contributed by atoms with E-state index in [0.717, 1.165) is 5.56 Å². The van der Waals surface area contributed by atoms with Crippen LogP contribution in [0, 0.1) is 10.1 Å². The Labute approximate surface area is 203 Å². The van der Waals surface area contributed by atoms with Gasteiger partial charge in [0, 0.05) is 17.7 Å². The normalized spacial score (nSPS) is 11.8. The molecule has 0 aliphatic carbocycles. The van der Waals surface area contributed by atoms with Gasteiger partial charge in [-0.3, -0.25) is 19.7 Å². The van der Waals surface area contributed by atoms with Gasteiger partial charge in [0.15, 0.2) is 0 Å². The van der Waals surface area contributed by atoms with Crippen LogP contribution in [0.4, 0.5) is 5.69 Å². The molecule has 0 radical (unpaired) electrons. The lowest BCUT2D eigenvalue weighted by atomic mass is 9.87. The lowest BCUT2D eigenvalue weighted by Crippen LogP contribution is -2.32. The molecule has 3 rings (SSSR count). The fourth-order valence-corrected chi connectivity index (χ4v) is 3.10. The summed E-state index contributed by atoms with van der Waals surface area (Å²) in [5, 5.41) is 17.5. The average molecular weight is 471 g/mol. The minimum absolute atomic E-state index is 0.0262. The molecule has 35 heavy (non-hydrogen) atoms. The van der Waals surface area contributed by atoms with Gasteiger partial charge in [-0.1, -0.05) is 63.2 Å². The van der Waals surface area contributed by atoms with Crippen molar-refractivity contribution in [3.8, 4) is 0 Å². The molecule has 8 heteroatoms. The lowest BCUT2D eigenvalue weighted by molar-refractivity contribution is -0.384. The van der Waals surface area contributed by atoms with E-state index in [-0.39, 0.29) is 16.8 Å². The summed E-state index contributed by atoms with van der Waals surface area (Å²) in [5.74, 6) is -1.12. The second kappa shape index (κ2) is 11.0. The summed E-state index contributed by atoms with van der Waals surface area (Å²) in [4.78, 5) is 35.9. The van der Waals surface area contributed by atoms with Crippen LogP contribution in [-0.2, 0) is 10.2 Å². The number of nitro benzene ring substituents is 1. The molecule has 0 aliphatic rings. The molecule has 0 atom stereocenters. The topological polar surface area (TPSA) is 114 Å². The van der Waals surface area contributed by atoms with Crippen LogP contribution >= 0.6 is 0 Å². The van der Waals surface area contributed by atoms with Crippen molar-refractivity contribution in [3.05, 3.63) is 117 Å². The number of nitrogens with zero attached hydrogens (tertiary/aromatic N) is 2. The number of nitro groups is 1. The quantitative estimate of drug-likeness (QED) is 0.223. The first kappa shape index (κ1) is 25.0. The van der Waals surface area contributed by atoms with Crippen molar-refractivity contribution in [2.24, 2.45) is 5.10 Å². The highest BCUT2D eigenvalue weighted by atomic mass is 16.6. The molecule has 2 N–H and O–H groups in total. The first-order valence-electron chi connectivity index (χ1n) is 10.9. The van der Waals surface area contributed by atoms with Crippen LogP contribution in [0.25, 0.3) is 6.08 Å². The van der Waals surface area contributed by atoms with Gasteiger partial charge in [-0.05, 0) is 52.4 Å². The maximum atomic E-state index is 12.8. The first-order valence-corrected chi connectivity index (χ1v) is 10.9. The Morgan fingerprint density at radius 1 is 0.886 bits per heavy atom. The molecule has 8 nitrogen and oxygen atoms in total. The van der Waals surface area contributed by atoms with Crippen molar-refractivity contribution < 1.29 is 14.5 Å². The van der Waals surface area contributed by atoms with Crippen LogP contribution in [0.2, 0.25) is 0 Å². The summed E-state index contributed by atoms with van der Waals surface area (Å²) >= 11 is 0. The third-order valence-corrected chi connectivity index (χ3v) is 5.10. The van der Waals surface area contributed by atoms with Crippen LogP contribution < -0.4 is 10.7 Å². The van der Waals surface area contributed by atoms with E-state index in [0.29, 0.717) is 11.1 Å². The summed E-state index contributed by atoms with van der Waals surface area (Å²) in [6.45, 7) is 6.37. The molecule has 0 aromatic heterocycles. The van der Waals surface area contributed by atoms with Gasteiger partial charge in [-0.2, -0.15) is 5.10 Å². The molecule has 0 saturated carbocycles. The van der Waals surface area contributed by atoms with Crippen molar-refractivity contribution in [3.63, 3.8) is 0 Å². The molecule has 0 spiro atoms. The van der Waals surface area contributed by atoms with Gasteiger partial charge in [0.2, 0.25) is 0 Å². The van der Waals surface area contributed by atoms with Crippen LogP contribution in [0.1, 0.15) is 47.8 Å². The summed E-state index contributed by atoms with van der Waals surface area (Å²) in [6.07, 6.45) is 2.93. The molecule has 2 amide bonds. The molecular formula is C27H26N4O4. The first-order chi connectivity index (χ1) is 16.6. The van der Waals surface area contributed by atoms with E-state index < -0.39 is 16.7 Å². The van der Waals surface area contributed by atoms with E-state index in [2.05, 4.69) is 36.6 Å². The molecule has 0 heterocycles. The van der Waals surface area contributed by atoms with Crippen molar-refractivity contribution in [1.29, 1.82) is 0 Å².